The molecule has 0 aliphatic carbocycles. The molecule has 1 aliphatic heterocycles. The van der Waals surface area contributed by atoms with Crippen LogP contribution in [0.1, 0.15) is 17.5 Å². The molecule has 0 atom stereocenters. The summed E-state index contributed by atoms with van der Waals surface area (Å²) in [7, 11) is 3.77. The Hall–Kier alpha value is -1.68. The van der Waals surface area contributed by atoms with Gasteiger partial charge in [-0.1, -0.05) is 12.1 Å². The van der Waals surface area contributed by atoms with Crippen molar-refractivity contribution in [3.63, 3.8) is 0 Å². The minimum absolute atomic E-state index is 0.186. The maximum atomic E-state index is 11.6. The monoisotopic (exact) mass is 260 g/mol. The Bertz CT molecular complexity index is 485. The Kier molecular flexibility index (Phi) is 4.32. The van der Waals surface area contributed by atoms with Gasteiger partial charge in [0, 0.05) is 25.7 Å². The first-order chi connectivity index (χ1) is 9.11. The third-order valence-corrected chi connectivity index (χ3v) is 3.66. The number of hydrogen-bond acceptors (Lipinski definition) is 3. The van der Waals surface area contributed by atoms with Crippen LogP contribution in [0.4, 0.5) is 5.69 Å². The van der Waals surface area contributed by atoms with Crippen molar-refractivity contribution in [2.24, 2.45) is 0 Å². The van der Waals surface area contributed by atoms with Gasteiger partial charge in [0.05, 0.1) is 6.54 Å². The van der Waals surface area contributed by atoms with Crippen molar-refractivity contribution in [2.45, 2.75) is 19.3 Å². The van der Waals surface area contributed by atoms with Gasteiger partial charge in [0.1, 0.15) is 6.29 Å². The normalized spacial score (nSPS) is 14.7. The zero-order valence-electron chi connectivity index (χ0n) is 11.6. The number of hydrogen-bond donors (Lipinski definition) is 0. The van der Waals surface area contributed by atoms with E-state index in [1.807, 2.05) is 25.1 Å². The fourth-order valence-electron chi connectivity index (χ4n) is 2.40. The van der Waals surface area contributed by atoms with Crippen LogP contribution < -0.4 is 4.90 Å². The molecule has 0 radical (unpaired) electrons. The molecule has 1 amide bonds. The van der Waals surface area contributed by atoms with E-state index < -0.39 is 0 Å². The summed E-state index contributed by atoms with van der Waals surface area (Å²) in [4.78, 5) is 25.8. The summed E-state index contributed by atoms with van der Waals surface area (Å²) in [6, 6.07) is 6.29. The van der Waals surface area contributed by atoms with E-state index in [2.05, 4.69) is 12.1 Å². The highest BCUT2D eigenvalue weighted by Gasteiger charge is 2.20. The third-order valence-electron chi connectivity index (χ3n) is 3.66. The van der Waals surface area contributed by atoms with Gasteiger partial charge in [0.2, 0.25) is 5.91 Å². The van der Waals surface area contributed by atoms with Gasteiger partial charge in [0.15, 0.2) is 0 Å². The van der Waals surface area contributed by atoms with Crippen LogP contribution in [-0.2, 0) is 22.4 Å². The predicted octanol–water partition coefficient (Wildman–Crippen LogP) is 1.27. The van der Waals surface area contributed by atoms with Crippen LogP contribution in [0, 0.1) is 0 Å². The van der Waals surface area contributed by atoms with Crippen molar-refractivity contribution >= 4 is 17.9 Å². The molecule has 4 heteroatoms. The van der Waals surface area contributed by atoms with Crippen LogP contribution >= 0.6 is 0 Å². The quantitative estimate of drug-likeness (QED) is 0.749. The SMILES string of the molecule is CN(CC=O)CCc1ccc2c(c1)CCC(=O)N2C. The second kappa shape index (κ2) is 5.97. The smallest absolute Gasteiger partial charge is 0.227 e. The summed E-state index contributed by atoms with van der Waals surface area (Å²) >= 11 is 0. The molecule has 1 aliphatic rings. The van der Waals surface area contributed by atoms with E-state index in [0.29, 0.717) is 13.0 Å². The first kappa shape index (κ1) is 13.7. The van der Waals surface area contributed by atoms with E-state index in [1.54, 1.807) is 4.90 Å². The predicted molar refractivity (Wildman–Crippen MR) is 75.4 cm³/mol. The van der Waals surface area contributed by atoms with Gasteiger partial charge in [0.25, 0.3) is 0 Å². The first-order valence-corrected chi connectivity index (χ1v) is 6.62. The fraction of sp³-hybridized carbons (Fsp3) is 0.467. The number of aryl methyl sites for hydroxylation is 1. The Labute approximate surface area is 114 Å². The molecular weight excluding hydrogens is 240 g/mol. The van der Waals surface area contributed by atoms with Crippen LogP contribution in [0.15, 0.2) is 18.2 Å². The van der Waals surface area contributed by atoms with Crippen LogP contribution in [0.25, 0.3) is 0 Å². The van der Waals surface area contributed by atoms with E-state index >= 15 is 0 Å². The van der Waals surface area contributed by atoms with Crippen molar-refractivity contribution in [1.29, 1.82) is 0 Å². The number of anilines is 1. The number of likely N-dealkylation sites (N-methyl/N-ethyl adjacent to an activating group) is 1. The highest BCUT2D eigenvalue weighted by Crippen LogP contribution is 2.27. The molecule has 1 heterocycles. The van der Waals surface area contributed by atoms with Crippen molar-refractivity contribution < 1.29 is 9.59 Å². The van der Waals surface area contributed by atoms with Crippen molar-refractivity contribution in [3.05, 3.63) is 29.3 Å². The van der Waals surface area contributed by atoms with E-state index in [0.717, 1.165) is 31.4 Å². The average Bonchev–Trinajstić information content (AvgIpc) is 2.41. The minimum Gasteiger partial charge on any atom is -0.315 e. The lowest BCUT2D eigenvalue weighted by molar-refractivity contribution is -0.118. The lowest BCUT2D eigenvalue weighted by Gasteiger charge is -2.26. The zero-order chi connectivity index (χ0) is 13.8. The van der Waals surface area contributed by atoms with Crippen LogP contribution in [0.2, 0.25) is 0 Å². The van der Waals surface area contributed by atoms with Gasteiger partial charge in [-0.05, 0) is 37.1 Å². The van der Waals surface area contributed by atoms with Crippen molar-refractivity contribution in [3.8, 4) is 0 Å². The molecule has 1 aromatic carbocycles. The number of rotatable bonds is 5. The van der Waals surface area contributed by atoms with E-state index in [4.69, 9.17) is 0 Å². The molecular formula is C15H20N2O2. The fourth-order valence-corrected chi connectivity index (χ4v) is 2.40. The van der Waals surface area contributed by atoms with E-state index in [-0.39, 0.29) is 5.91 Å². The number of amides is 1. The summed E-state index contributed by atoms with van der Waals surface area (Å²) in [5.41, 5.74) is 3.54. The molecule has 19 heavy (non-hydrogen) atoms. The molecule has 4 nitrogen and oxygen atoms in total. The molecule has 0 spiro atoms. The third kappa shape index (κ3) is 3.20. The molecule has 0 fully saturated rings. The van der Waals surface area contributed by atoms with Gasteiger partial charge in [-0.3, -0.25) is 9.69 Å². The standard InChI is InChI=1S/C15H20N2O2/c1-16(9-10-18)8-7-12-3-5-14-13(11-12)4-6-15(19)17(14)2/h3,5,10-11H,4,6-9H2,1-2H3. The van der Waals surface area contributed by atoms with Gasteiger partial charge in [-0.2, -0.15) is 0 Å². The number of fused-ring (bicyclic) bond motifs is 1. The average molecular weight is 260 g/mol. The number of nitrogens with zero attached hydrogens (tertiary/aromatic N) is 2. The zero-order valence-corrected chi connectivity index (χ0v) is 11.6. The van der Waals surface area contributed by atoms with Gasteiger partial charge >= 0.3 is 0 Å². The lowest BCUT2D eigenvalue weighted by Crippen LogP contribution is -2.31. The molecule has 1 aromatic rings. The van der Waals surface area contributed by atoms with Gasteiger partial charge < -0.3 is 9.69 Å². The van der Waals surface area contributed by atoms with Crippen LogP contribution in [0.3, 0.4) is 0 Å². The number of carbonyl (C=O) groups is 2. The lowest BCUT2D eigenvalue weighted by atomic mass is 9.98. The first-order valence-electron chi connectivity index (χ1n) is 6.62. The summed E-state index contributed by atoms with van der Waals surface area (Å²) in [6.45, 7) is 1.34. The van der Waals surface area contributed by atoms with E-state index in [1.165, 1.54) is 11.1 Å². The highest BCUT2D eigenvalue weighted by molar-refractivity contribution is 5.95. The number of benzene rings is 1. The van der Waals surface area contributed by atoms with Gasteiger partial charge in [-0.15, -0.1) is 0 Å². The summed E-state index contributed by atoms with van der Waals surface area (Å²) < 4.78 is 0. The molecule has 0 N–H and O–H groups in total. The molecule has 0 saturated heterocycles. The molecule has 2 rings (SSSR count). The molecule has 0 saturated carbocycles. The minimum atomic E-state index is 0.186. The Morgan fingerprint density at radius 3 is 2.89 bits per heavy atom. The van der Waals surface area contributed by atoms with Gasteiger partial charge in [-0.25, -0.2) is 0 Å². The largest absolute Gasteiger partial charge is 0.315 e. The summed E-state index contributed by atoms with van der Waals surface area (Å²) in [5, 5.41) is 0. The molecule has 102 valence electrons. The number of aldehydes is 1. The van der Waals surface area contributed by atoms with E-state index in [9.17, 15) is 9.59 Å². The van der Waals surface area contributed by atoms with Crippen molar-refractivity contribution in [1.82, 2.24) is 4.90 Å². The molecule has 0 unspecified atom stereocenters. The maximum Gasteiger partial charge on any atom is 0.227 e. The second-order valence-electron chi connectivity index (χ2n) is 5.09. The topological polar surface area (TPSA) is 40.6 Å². The summed E-state index contributed by atoms with van der Waals surface area (Å²) in [5.74, 6) is 0.186. The Morgan fingerprint density at radius 1 is 1.37 bits per heavy atom. The number of carbonyl (C=O) groups excluding carboxylic acids is 2. The second-order valence-corrected chi connectivity index (χ2v) is 5.09. The maximum absolute atomic E-state index is 11.6. The Morgan fingerprint density at radius 2 is 2.16 bits per heavy atom. The highest BCUT2D eigenvalue weighted by atomic mass is 16.2. The van der Waals surface area contributed by atoms with Crippen molar-refractivity contribution in [2.75, 3.05) is 32.1 Å². The summed E-state index contributed by atoms with van der Waals surface area (Å²) in [6.07, 6.45) is 3.28. The molecule has 0 bridgehead atoms. The van der Waals surface area contributed by atoms with Crippen LogP contribution in [0.5, 0.6) is 0 Å². The Balaban J connectivity index is 2.05. The van der Waals surface area contributed by atoms with Crippen LogP contribution in [-0.4, -0.2) is 44.3 Å². The molecule has 0 aromatic heterocycles.